The lowest BCUT2D eigenvalue weighted by molar-refractivity contribution is -0.126. The fraction of sp³-hybridized carbons (Fsp3) is 0.364. The van der Waals surface area contributed by atoms with Crippen LogP contribution in [-0.2, 0) is 17.9 Å². The summed E-state index contributed by atoms with van der Waals surface area (Å²) in [4.78, 5) is 26.5. The summed E-state index contributed by atoms with van der Waals surface area (Å²) in [5.74, 6) is 0.810. The number of benzene rings is 2. The van der Waals surface area contributed by atoms with Gasteiger partial charge in [0, 0.05) is 32.1 Å². The summed E-state index contributed by atoms with van der Waals surface area (Å²) in [6, 6.07) is 17.4. The molecule has 1 saturated heterocycles. The third-order valence-electron chi connectivity index (χ3n) is 5.07. The standard InChI is InChI=1S/C22H27N3O3/c1-28-20-9-7-18(8-10-20)15-23-21(26)19-11-13-25(14-12-19)22(27)24-16-17-5-3-2-4-6-17/h2-10,19H,11-16H2,1H3,(H,23,26)(H,24,27). The molecule has 0 radical (unpaired) electrons. The predicted octanol–water partition coefficient (Wildman–Crippen LogP) is 2.93. The van der Waals surface area contributed by atoms with Crippen LogP contribution < -0.4 is 15.4 Å². The van der Waals surface area contributed by atoms with Crippen molar-refractivity contribution >= 4 is 11.9 Å². The molecule has 0 saturated carbocycles. The highest BCUT2D eigenvalue weighted by Crippen LogP contribution is 2.18. The van der Waals surface area contributed by atoms with Gasteiger partial charge in [-0.3, -0.25) is 4.79 Å². The second-order valence-corrected chi connectivity index (χ2v) is 6.97. The van der Waals surface area contributed by atoms with Gasteiger partial charge in [0.25, 0.3) is 0 Å². The Morgan fingerprint density at radius 2 is 1.54 bits per heavy atom. The summed E-state index contributed by atoms with van der Waals surface area (Å²) in [6.07, 6.45) is 1.38. The number of hydrogen-bond donors (Lipinski definition) is 2. The van der Waals surface area contributed by atoms with Crippen molar-refractivity contribution in [3.8, 4) is 5.75 Å². The molecule has 0 unspecified atom stereocenters. The van der Waals surface area contributed by atoms with Gasteiger partial charge >= 0.3 is 6.03 Å². The number of amides is 3. The number of carbonyl (C=O) groups is 2. The molecule has 0 bridgehead atoms. The smallest absolute Gasteiger partial charge is 0.317 e. The highest BCUT2D eigenvalue weighted by molar-refractivity contribution is 5.79. The summed E-state index contributed by atoms with van der Waals surface area (Å²) in [6.45, 7) is 2.21. The van der Waals surface area contributed by atoms with Crippen LogP contribution in [0.1, 0.15) is 24.0 Å². The molecule has 2 aromatic rings. The molecule has 2 N–H and O–H groups in total. The molecular formula is C22H27N3O3. The summed E-state index contributed by atoms with van der Waals surface area (Å²) < 4.78 is 5.14. The first kappa shape index (κ1) is 19.7. The molecule has 0 aromatic heterocycles. The number of likely N-dealkylation sites (tertiary alicyclic amines) is 1. The molecule has 0 atom stereocenters. The molecular weight excluding hydrogens is 354 g/mol. The first-order valence-corrected chi connectivity index (χ1v) is 9.63. The Hall–Kier alpha value is -3.02. The molecule has 3 amide bonds. The van der Waals surface area contributed by atoms with Gasteiger partial charge in [-0.05, 0) is 36.1 Å². The lowest BCUT2D eigenvalue weighted by Gasteiger charge is -2.31. The van der Waals surface area contributed by atoms with E-state index in [1.807, 2.05) is 54.6 Å². The van der Waals surface area contributed by atoms with Crippen LogP contribution in [0.2, 0.25) is 0 Å². The maximum atomic E-state index is 12.4. The normalized spacial score (nSPS) is 14.4. The first-order valence-electron chi connectivity index (χ1n) is 9.63. The second kappa shape index (κ2) is 9.78. The Morgan fingerprint density at radius 3 is 2.18 bits per heavy atom. The van der Waals surface area contributed by atoms with Crippen LogP contribution in [0, 0.1) is 5.92 Å². The number of rotatable bonds is 6. The van der Waals surface area contributed by atoms with E-state index in [0.29, 0.717) is 39.0 Å². The molecule has 6 nitrogen and oxygen atoms in total. The number of ether oxygens (including phenoxy) is 1. The molecule has 148 valence electrons. The molecule has 1 heterocycles. The maximum Gasteiger partial charge on any atom is 0.317 e. The van der Waals surface area contributed by atoms with Gasteiger partial charge in [0.15, 0.2) is 0 Å². The number of hydrogen-bond acceptors (Lipinski definition) is 3. The van der Waals surface area contributed by atoms with Gasteiger partial charge in [0.1, 0.15) is 5.75 Å². The third-order valence-corrected chi connectivity index (χ3v) is 5.07. The number of nitrogens with zero attached hydrogens (tertiary/aromatic N) is 1. The van der Waals surface area contributed by atoms with Crippen LogP contribution in [0.4, 0.5) is 4.79 Å². The Labute approximate surface area is 165 Å². The van der Waals surface area contributed by atoms with E-state index in [-0.39, 0.29) is 17.9 Å². The Balaban J connectivity index is 1.38. The summed E-state index contributed by atoms with van der Waals surface area (Å²) in [7, 11) is 1.63. The van der Waals surface area contributed by atoms with E-state index in [2.05, 4.69) is 10.6 Å². The molecule has 1 aliphatic heterocycles. The van der Waals surface area contributed by atoms with Gasteiger partial charge in [-0.25, -0.2) is 4.79 Å². The van der Waals surface area contributed by atoms with Gasteiger partial charge in [-0.15, -0.1) is 0 Å². The molecule has 0 spiro atoms. The van der Waals surface area contributed by atoms with Crippen LogP contribution in [0.25, 0.3) is 0 Å². The number of methoxy groups -OCH3 is 1. The SMILES string of the molecule is COc1ccc(CNC(=O)C2CCN(C(=O)NCc3ccccc3)CC2)cc1. The average molecular weight is 381 g/mol. The third kappa shape index (κ3) is 5.49. The summed E-state index contributed by atoms with van der Waals surface area (Å²) in [5.41, 5.74) is 2.11. The largest absolute Gasteiger partial charge is 0.497 e. The molecule has 1 fully saturated rings. The topological polar surface area (TPSA) is 70.7 Å². The molecule has 1 aliphatic rings. The zero-order chi connectivity index (χ0) is 19.8. The van der Waals surface area contributed by atoms with Gasteiger partial charge in [0.05, 0.1) is 7.11 Å². The summed E-state index contributed by atoms with van der Waals surface area (Å²) in [5, 5.41) is 5.94. The monoisotopic (exact) mass is 381 g/mol. The lowest BCUT2D eigenvalue weighted by atomic mass is 9.96. The van der Waals surface area contributed by atoms with E-state index in [1.165, 1.54) is 0 Å². The van der Waals surface area contributed by atoms with Crippen molar-refractivity contribution in [2.45, 2.75) is 25.9 Å². The van der Waals surface area contributed by atoms with E-state index >= 15 is 0 Å². The van der Waals surface area contributed by atoms with Crippen molar-refractivity contribution in [2.24, 2.45) is 5.92 Å². The van der Waals surface area contributed by atoms with Gasteiger partial charge in [0.2, 0.25) is 5.91 Å². The van der Waals surface area contributed by atoms with Crippen LogP contribution in [0.5, 0.6) is 5.75 Å². The maximum absolute atomic E-state index is 12.4. The fourth-order valence-electron chi connectivity index (χ4n) is 3.31. The van der Waals surface area contributed by atoms with E-state index in [1.54, 1.807) is 12.0 Å². The average Bonchev–Trinajstić information content (AvgIpc) is 2.77. The van der Waals surface area contributed by atoms with E-state index in [4.69, 9.17) is 4.74 Å². The number of carbonyl (C=O) groups excluding carboxylic acids is 2. The van der Waals surface area contributed by atoms with Crippen molar-refractivity contribution in [1.29, 1.82) is 0 Å². The van der Waals surface area contributed by atoms with Crippen molar-refractivity contribution in [3.63, 3.8) is 0 Å². The van der Waals surface area contributed by atoms with Crippen LogP contribution in [0.3, 0.4) is 0 Å². The molecule has 2 aromatic carbocycles. The van der Waals surface area contributed by atoms with Crippen molar-refractivity contribution < 1.29 is 14.3 Å². The van der Waals surface area contributed by atoms with E-state index in [9.17, 15) is 9.59 Å². The van der Waals surface area contributed by atoms with E-state index < -0.39 is 0 Å². The zero-order valence-corrected chi connectivity index (χ0v) is 16.2. The fourth-order valence-corrected chi connectivity index (χ4v) is 3.31. The predicted molar refractivity (Wildman–Crippen MR) is 108 cm³/mol. The number of nitrogens with one attached hydrogen (secondary N) is 2. The van der Waals surface area contributed by atoms with Gasteiger partial charge in [-0.1, -0.05) is 42.5 Å². The highest BCUT2D eigenvalue weighted by Gasteiger charge is 2.27. The minimum absolute atomic E-state index is 0.0450. The van der Waals surface area contributed by atoms with Gasteiger partial charge in [-0.2, -0.15) is 0 Å². The quantitative estimate of drug-likeness (QED) is 0.808. The van der Waals surface area contributed by atoms with Crippen LogP contribution in [0.15, 0.2) is 54.6 Å². The Bertz CT molecular complexity index is 769. The van der Waals surface area contributed by atoms with E-state index in [0.717, 1.165) is 16.9 Å². The molecule has 28 heavy (non-hydrogen) atoms. The molecule has 6 heteroatoms. The van der Waals surface area contributed by atoms with Gasteiger partial charge < -0.3 is 20.3 Å². The summed E-state index contributed by atoms with van der Waals surface area (Å²) >= 11 is 0. The molecule has 3 rings (SSSR count). The van der Waals surface area contributed by atoms with Crippen LogP contribution in [-0.4, -0.2) is 37.0 Å². The molecule has 0 aliphatic carbocycles. The Kier molecular flexibility index (Phi) is 6.89. The highest BCUT2D eigenvalue weighted by atomic mass is 16.5. The number of piperidine rings is 1. The lowest BCUT2D eigenvalue weighted by Crippen LogP contribution is -2.46. The zero-order valence-electron chi connectivity index (χ0n) is 16.2. The van der Waals surface area contributed by atoms with Crippen LogP contribution >= 0.6 is 0 Å². The van der Waals surface area contributed by atoms with Crippen molar-refractivity contribution in [3.05, 3.63) is 65.7 Å². The van der Waals surface area contributed by atoms with Crippen molar-refractivity contribution in [1.82, 2.24) is 15.5 Å². The minimum Gasteiger partial charge on any atom is -0.497 e. The van der Waals surface area contributed by atoms with Crippen molar-refractivity contribution in [2.75, 3.05) is 20.2 Å². The Morgan fingerprint density at radius 1 is 0.929 bits per heavy atom. The second-order valence-electron chi connectivity index (χ2n) is 6.97. The number of urea groups is 1. The minimum atomic E-state index is -0.0686. The first-order chi connectivity index (χ1) is 13.7.